The van der Waals surface area contributed by atoms with Gasteiger partial charge in [0.25, 0.3) is 0 Å². The Morgan fingerprint density at radius 1 is 1.03 bits per heavy atom. The summed E-state index contributed by atoms with van der Waals surface area (Å²) in [6.45, 7) is 9.84. The first-order valence-corrected chi connectivity index (χ1v) is 13.2. The van der Waals surface area contributed by atoms with Crippen molar-refractivity contribution in [2.24, 2.45) is 0 Å². The van der Waals surface area contributed by atoms with E-state index in [1.807, 2.05) is 91.7 Å². The van der Waals surface area contributed by atoms with Crippen molar-refractivity contribution in [2.75, 3.05) is 4.90 Å². The normalized spacial score (nSPS) is 12.8. The highest BCUT2D eigenvalue weighted by molar-refractivity contribution is 6.39. The second kappa shape index (κ2) is 11.0. The second-order valence-electron chi connectivity index (χ2n) is 9.20. The van der Waals surface area contributed by atoms with E-state index in [0.29, 0.717) is 41.3 Å². The molecule has 1 aliphatic rings. The highest BCUT2D eigenvalue weighted by atomic mass is 35.5. The molecule has 38 heavy (non-hydrogen) atoms. The molecule has 6 nitrogen and oxygen atoms in total. The Bertz CT molecular complexity index is 1570. The predicted molar refractivity (Wildman–Crippen MR) is 154 cm³/mol. The van der Waals surface area contributed by atoms with Crippen LogP contribution in [0.2, 0.25) is 10.0 Å². The van der Waals surface area contributed by atoms with E-state index in [1.165, 1.54) is 4.68 Å². The highest BCUT2D eigenvalue weighted by Crippen LogP contribution is 2.40. The molecule has 0 aliphatic carbocycles. The van der Waals surface area contributed by atoms with Crippen molar-refractivity contribution < 1.29 is 4.74 Å². The molecule has 0 spiro atoms. The Kier molecular flexibility index (Phi) is 7.56. The maximum absolute atomic E-state index is 13.3. The topological polar surface area (TPSA) is 52.3 Å². The first kappa shape index (κ1) is 26.0. The number of ether oxygens (including phenoxy) is 1. The highest BCUT2D eigenvalue weighted by Gasteiger charge is 2.23. The van der Waals surface area contributed by atoms with E-state index < -0.39 is 0 Å². The van der Waals surface area contributed by atoms with Crippen LogP contribution in [0.15, 0.2) is 89.9 Å². The number of anilines is 1. The Morgan fingerprint density at radius 3 is 2.45 bits per heavy atom. The number of para-hydroxylation sites is 1. The molecule has 0 saturated heterocycles. The van der Waals surface area contributed by atoms with Gasteiger partial charge in [-0.05, 0) is 60.4 Å². The van der Waals surface area contributed by atoms with E-state index in [9.17, 15) is 4.79 Å². The van der Waals surface area contributed by atoms with Crippen molar-refractivity contribution in [2.45, 2.75) is 40.2 Å². The fourth-order valence-electron chi connectivity index (χ4n) is 4.65. The molecule has 0 fully saturated rings. The average molecular weight is 547 g/mol. The van der Waals surface area contributed by atoms with Gasteiger partial charge in [0.2, 0.25) is 0 Å². The Labute approximate surface area is 232 Å². The number of benzene rings is 3. The van der Waals surface area contributed by atoms with Crippen LogP contribution in [0.25, 0.3) is 11.3 Å². The minimum atomic E-state index is -0.202. The smallest absolute Gasteiger partial charge is 0.350 e. The Balaban J connectivity index is 1.47. The van der Waals surface area contributed by atoms with Gasteiger partial charge in [0.05, 0.1) is 28.0 Å². The molecule has 1 aliphatic heterocycles. The van der Waals surface area contributed by atoms with Gasteiger partial charge < -0.3 is 9.64 Å². The van der Waals surface area contributed by atoms with Gasteiger partial charge in [0.1, 0.15) is 6.61 Å². The summed E-state index contributed by atoms with van der Waals surface area (Å²) in [6.07, 6.45) is 2.01. The maximum Gasteiger partial charge on any atom is 0.350 e. The number of fused-ring (bicyclic) bond motifs is 1. The van der Waals surface area contributed by atoms with E-state index in [4.69, 9.17) is 27.9 Å². The number of hydrogen-bond acceptors (Lipinski definition) is 4. The van der Waals surface area contributed by atoms with Crippen molar-refractivity contribution in [3.63, 3.8) is 0 Å². The molecule has 1 aromatic heterocycles. The zero-order chi connectivity index (χ0) is 26.8. The van der Waals surface area contributed by atoms with Crippen molar-refractivity contribution in [1.29, 1.82) is 0 Å². The molecule has 0 N–H and O–H groups in total. The van der Waals surface area contributed by atoms with Gasteiger partial charge in [-0.2, -0.15) is 4.68 Å². The van der Waals surface area contributed by atoms with Crippen LogP contribution in [0.5, 0.6) is 0 Å². The molecule has 4 aromatic rings. The lowest BCUT2D eigenvalue weighted by molar-refractivity contribution is 0.0989. The van der Waals surface area contributed by atoms with E-state index in [0.717, 1.165) is 33.5 Å². The number of rotatable bonds is 8. The van der Waals surface area contributed by atoms with Gasteiger partial charge in [0.15, 0.2) is 5.82 Å². The lowest BCUT2D eigenvalue weighted by atomic mass is 9.92. The van der Waals surface area contributed by atoms with E-state index >= 15 is 0 Å². The van der Waals surface area contributed by atoms with Gasteiger partial charge in [-0.15, -0.1) is 5.10 Å². The van der Waals surface area contributed by atoms with Gasteiger partial charge >= 0.3 is 5.69 Å². The van der Waals surface area contributed by atoms with Crippen LogP contribution in [-0.2, 0) is 31.0 Å². The Morgan fingerprint density at radius 2 is 1.76 bits per heavy atom. The van der Waals surface area contributed by atoms with Gasteiger partial charge in [-0.25, -0.2) is 4.79 Å². The van der Waals surface area contributed by atoms with Crippen molar-refractivity contribution in [3.05, 3.63) is 128 Å². The van der Waals surface area contributed by atoms with Crippen LogP contribution in [0.1, 0.15) is 36.4 Å². The van der Waals surface area contributed by atoms with Crippen LogP contribution < -0.4 is 10.6 Å². The largest absolute Gasteiger partial charge is 0.369 e. The van der Waals surface area contributed by atoms with E-state index in [2.05, 4.69) is 11.7 Å². The molecule has 194 valence electrons. The molecule has 0 amide bonds. The summed E-state index contributed by atoms with van der Waals surface area (Å²) >= 11 is 13.0. The van der Waals surface area contributed by atoms with Crippen LogP contribution >= 0.6 is 23.2 Å². The third kappa shape index (κ3) is 5.07. The first-order chi connectivity index (χ1) is 18.4. The van der Waals surface area contributed by atoms with Gasteiger partial charge in [-0.3, -0.25) is 4.57 Å². The zero-order valence-corrected chi connectivity index (χ0v) is 22.8. The summed E-state index contributed by atoms with van der Waals surface area (Å²) < 4.78 is 8.96. The molecule has 0 unspecified atom stereocenters. The van der Waals surface area contributed by atoms with E-state index in [-0.39, 0.29) is 12.3 Å². The molecule has 8 heteroatoms. The van der Waals surface area contributed by atoms with Crippen LogP contribution in [-0.4, -0.2) is 14.3 Å². The summed E-state index contributed by atoms with van der Waals surface area (Å²) in [7, 11) is 0. The van der Waals surface area contributed by atoms with Gasteiger partial charge in [0, 0.05) is 24.9 Å². The minimum absolute atomic E-state index is 0.202. The molecule has 2 heterocycles. The quantitative estimate of drug-likeness (QED) is 0.238. The molecular formula is C30H28Cl2N4O2. The number of halogens is 2. The molecule has 3 aromatic carbocycles. The lowest BCUT2D eigenvalue weighted by Gasteiger charge is -2.30. The van der Waals surface area contributed by atoms with Crippen molar-refractivity contribution in [1.82, 2.24) is 14.3 Å². The molecule has 5 rings (SSSR count). The molecule has 0 radical (unpaired) electrons. The molecule has 0 saturated carbocycles. The monoisotopic (exact) mass is 546 g/mol. The fraction of sp³-hybridized carbons (Fsp3) is 0.200. The zero-order valence-electron chi connectivity index (χ0n) is 21.3. The lowest BCUT2D eigenvalue weighted by Crippen LogP contribution is -2.25. The molecular weight excluding hydrogens is 519 g/mol. The summed E-state index contributed by atoms with van der Waals surface area (Å²) in [5.41, 5.74) is 6.19. The molecule has 0 atom stereocenters. The Hall–Kier alpha value is -3.58. The number of allylic oxidation sites excluding steroid dienone is 2. The third-order valence-electron chi connectivity index (χ3n) is 6.54. The fourth-order valence-corrected chi connectivity index (χ4v) is 5.27. The second-order valence-corrected chi connectivity index (χ2v) is 10.0. The number of nitrogens with zero attached hydrogens (tertiary/aromatic N) is 4. The first-order valence-electron chi connectivity index (χ1n) is 12.4. The van der Waals surface area contributed by atoms with Crippen molar-refractivity contribution in [3.8, 4) is 5.69 Å². The summed E-state index contributed by atoms with van der Waals surface area (Å²) in [6, 6.07) is 21.3. The van der Waals surface area contributed by atoms with Gasteiger partial charge in [-0.1, -0.05) is 72.2 Å². The average Bonchev–Trinajstić information content (AvgIpc) is 3.23. The summed E-state index contributed by atoms with van der Waals surface area (Å²) in [5, 5.41) is 5.80. The summed E-state index contributed by atoms with van der Waals surface area (Å²) in [4.78, 5) is 15.3. The van der Waals surface area contributed by atoms with E-state index in [1.54, 1.807) is 4.57 Å². The molecule has 0 bridgehead atoms. The van der Waals surface area contributed by atoms with Crippen LogP contribution in [0.4, 0.5) is 5.69 Å². The van der Waals surface area contributed by atoms with Crippen LogP contribution in [0.3, 0.4) is 0 Å². The summed E-state index contributed by atoms with van der Waals surface area (Å²) in [5.74, 6) is 0.585. The van der Waals surface area contributed by atoms with Crippen LogP contribution in [0, 0.1) is 0 Å². The minimum Gasteiger partial charge on any atom is -0.369 e. The third-order valence-corrected chi connectivity index (χ3v) is 7.15. The predicted octanol–water partition coefficient (Wildman–Crippen LogP) is 7.01. The maximum atomic E-state index is 13.3. The number of aromatic nitrogens is 3. The SMILES string of the molecule is C=C(C)C1=CN(c2c(Cl)cccc2Cl)Cc2ccc(-n3nc(COCc4ccccc4)n(CC)c3=O)cc21. The van der Waals surface area contributed by atoms with Crippen molar-refractivity contribution >= 4 is 34.5 Å². The number of hydrogen-bond donors (Lipinski definition) is 0. The standard InChI is InChI=1S/C30H28Cl2N4O2/c1-4-35-28(19-38-18-21-9-6-5-7-10-21)33-36(30(35)37)23-14-13-22-16-34(17-25(20(2)3)24(22)15-23)29-26(31)11-8-12-27(29)32/h5-15,17H,2,4,16,18-19H2,1,3H3.